The Balaban J connectivity index is 3.14. The van der Waals surface area contributed by atoms with E-state index in [-0.39, 0.29) is 11.9 Å². The Hall–Kier alpha value is -1.77. The molecule has 0 bridgehead atoms. The highest BCUT2D eigenvalue weighted by Crippen LogP contribution is 2.26. The van der Waals surface area contributed by atoms with Crippen LogP contribution in [0.1, 0.15) is 24.0 Å². The molecule has 0 heterocycles. The number of anilines is 1. The minimum absolute atomic E-state index is 0.289. The summed E-state index contributed by atoms with van der Waals surface area (Å²) in [5.41, 5.74) is 8.11. The fourth-order valence-electron chi connectivity index (χ4n) is 1.46. The minimum Gasteiger partial charge on any atom is -0.469 e. The fraction of sp³-hybridized carbons (Fsp3) is 0.250. The van der Waals surface area contributed by atoms with Gasteiger partial charge in [-0.25, -0.2) is 0 Å². The molecule has 1 aromatic rings. The molecule has 0 aliphatic heterocycles. The average molecular weight is 205 g/mol. The molecule has 0 amide bonds. The molecule has 0 aromatic heterocycles. The van der Waals surface area contributed by atoms with Crippen LogP contribution in [0.4, 0.5) is 5.69 Å². The Morgan fingerprint density at radius 3 is 2.80 bits per heavy atom. The summed E-state index contributed by atoms with van der Waals surface area (Å²) in [5.74, 6) is -0.641. The molecule has 1 aromatic carbocycles. The van der Waals surface area contributed by atoms with Crippen molar-refractivity contribution in [2.45, 2.75) is 12.8 Å². The van der Waals surface area contributed by atoms with E-state index in [1.807, 2.05) is 18.2 Å². The molecule has 1 unspecified atom stereocenters. The Morgan fingerprint density at radius 2 is 2.27 bits per heavy atom. The lowest BCUT2D eigenvalue weighted by Gasteiger charge is -2.13. The number of nitrogen functional groups attached to an aromatic ring is 1. The van der Waals surface area contributed by atoms with Gasteiger partial charge in [0.15, 0.2) is 0 Å². The van der Waals surface area contributed by atoms with Gasteiger partial charge in [-0.2, -0.15) is 0 Å². The number of nitrogens with two attached hydrogens (primary N) is 1. The molecule has 0 fully saturated rings. The van der Waals surface area contributed by atoms with Crippen molar-refractivity contribution in [3.63, 3.8) is 0 Å². The van der Waals surface area contributed by atoms with Crippen LogP contribution in [0.2, 0.25) is 0 Å². The number of methoxy groups -OCH3 is 1. The molecule has 80 valence electrons. The van der Waals surface area contributed by atoms with Crippen LogP contribution in [0.3, 0.4) is 0 Å². The Labute approximate surface area is 89.5 Å². The molecule has 0 saturated carbocycles. The predicted octanol–water partition coefficient (Wildman–Crippen LogP) is 2.19. The van der Waals surface area contributed by atoms with E-state index in [0.717, 1.165) is 11.1 Å². The summed E-state index contributed by atoms with van der Waals surface area (Å²) < 4.78 is 4.67. The molecule has 0 spiro atoms. The van der Waals surface area contributed by atoms with Crippen molar-refractivity contribution in [3.05, 3.63) is 35.9 Å². The Bertz CT molecular complexity index is 385. The second-order valence-corrected chi connectivity index (χ2v) is 3.30. The van der Waals surface area contributed by atoms with Crippen molar-refractivity contribution in [2.75, 3.05) is 12.8 Å². The lowest BCUT2D eigenvalue weighted by atomic mass is 9.96. The van der Waals surface area contributed by atoms with Crippen molar-refractivity contribution < 1.29 is 9.53 Å². The maximum absolute atomic E-state index is 11.4. The van der Waals surface area contributed by atoms with Gasteiger partial charge >= 0.3 is 5.97 Å². The minimum atomic E-state index is -0.352. The third kappa shape index (κ3) is 2.18. The zero-order valence-corrected chi connectivity index (χ0v) is 8.99. The Morgan fingerprint density at radius 1 is 1.60 bits per heavy atom. The van der Waals surface area contributed by atoms with Crippen LogP contribution in [0, 0.1) is 0 Å². The highest BCUT2D eigenvalue weighted by molar-refractivity contribution is 5.81. The molecular formula is C12H15NO2. The second-order valence-electron chi connectivity index (χ2n) is 3.30. The zero-order valence-electron chi connectivity index (χ0n) is 8.99. The van der Waals surface area contributed by atoms with Gasteiger partial charge in [-0.05, 0) is 18.1 Å². The fourth-order valence-corrected chi connectivity index (χ4v) is 1.46. The van der Waals surface area contributed by atoms with Gasteiger partial charge in [0, 0.05) is 5.69 Å². The van der Waals surface area contributed by atoms with Gasteiger partial charge in [0.2, 0.25) is 0 Å². The lowest BCUT2D eigenvalue weighted by Crippen LogP contribution is -2.13. The highest BCUT2D eigenvalue weighted by Gasteiger charge is 2.18. The summed E-state index contributed by atoms with van der Waals surface area (Å²) in [7, 11) is 1.37. The van der Waals surface area contributed by atoms with E-state index in [9.17, 15) is 4.79 Å². The van der Waals surface area contributed by atoms with Gasteiger partial charge in [-0.15, -0.1) is 0 Å². The topological polar surface area (TPSA) is 52.3 Å². The number of hydrogen-bond acceptors (Lipinski definition) is 3. The number of para-hydroxylation sites is 1. The normalized spacial score (nSPS) is 11.9. The molecule has 0 saturated heterocycles. The van der Waals surface area contributed by atoms with Gasteiger partial charge in [0.05, 0.1) is 13.0 Å². The van der Waals surface area contributed by atoms with E-state index >= 15 is 0 Å². The first kappa shape index (κ1) is 11.3. The maximum atomic E-state index is 11.4. The maximum Gasteiger partial charge on any atom is 0.312 e. The summed E-state index contributed by atoms with van der Waals surface area (Å²) >= 11 is 0. The van der Waals surface area contributed by atoms with Gasteiger partial charge in [0.25, 0.3) is 0 Å². The third-order valence-corrected chi connectivity index (χ3v) is 2.41. The zero-order chi connectivity index (χ0) is 11.4. The largest absolute Gasteiger partial charge is 0.469 e. The molecule has 0 radical (unpaired) electrons. The summed E-state index contributed by atoms with van der Waals surface area (Å²) in [6.07, 6.45) is 1.67. The van der Waals surface area contributed by atoms with Crippen LogP contribution >= 0.6 is 0 Å². The molecule has 0 aliphatic rings. The van der Waals surface area contributed by atoms with Crippen molar-refractivity contribution in [1.82, 2.24) is 0 Å². The van der Waals surface area contributed by atoms with E-state index in [1.165, 1.54) is 7.11 Å². The van der Waals surface area contributed by atoms with Gasteiger partial charge in [-0.1, -0.05) is 30.9 Å². The number of ether oxygens (including phenoxy) is 1. The van der Waals surface area contributed by atoms with Gasteiger partial charge < -0.3 is 10.5 Å². The molecule has 1 atom stereocenters. The first-order valence-corrected chi connectivity index (χ1v) is 4.70. The van der Waals surface area contributed by atoms with Crippen LogP contribution in [-0.4, -0.2) is 13.1 Å². The third-order valence-electron chi connectivity index (χ3n) is 2.41. The van der Waals surface area contributed by atoms with Gasteiger partial charge in [0.1, 0.15) is 0 Å². The smallest absolute Gasteiger partial charge is 0.312 e. The SMILES string of the molecule is C=Cc1cccc(C(C)C(=O)OC)c1N. The summed E-state index contributed by atoms with van der Waals surface area (Å²) in [6, 6.07) is 5.53. The number of hydrogen-bond donors (Lipinski definition) is 1. The van der Waals surface area contributed by atoms with Crippen LogP contribution < -0.4 is 5.73 Å². The van der Waals surface area contributed by atoms with Crippen LogP contribution in [0.5, 0.6) is 0 Å². The second kappa shape index (κ2) is 4.64. The molecule has 3 heteroatoms. The van der Waals surface area contributed by atoms with Crippen LogP contribution in [-0.2, 0) is 9.53 Å². The Kier molecular flexibility index (Phi) is 3.50. The predicted molar refractivity (Wildman–Crippen MR) is 61.4 cm³/mol. The number of esters is 1. The molecule has 3 nitrogen and oxygen atoms in total. The van der Waals surface area contributed by atoms with Crippen molar-refractivity contribution in [3.8, 4) is 0 Å². The first-order chi connectivity index (χ1) is 7.11. The van der Waals surface area contributed by atoms with Gasteiger partial charge in [-0.3, -0.25) is 4.79 Å². The van der Waals surface area contributed by atoms with E-state index < -0.39 is 0 Å². The van der Waals surface area contributed by atoms with Crippen molar-refractivity contribution in [2.24, 2.45) is 0 Å². The molecule has 0 aliphatic carbocycles. The first-order valence-electron chi connectivity index (χ1n) is 4.70. The van der Waals surface area contributed by atoms with Crippen LogP contribution in [0.25, 0.3) is 6.08 Å². The summed E-state index contributed by atoms with van der Waals surface area (Å²) in [4.78, 5) is 11.4. The highest BCUT2D eigenvalue weighted by atomic mass is 16.5. The number of benzene rings is 1. The monoisotopic (exact) mass is 205 g/mol. The molecule has 2 N–H and O–H groups in total. The molecular weight excluding hydrogens is 190 g/mol. The van der Waals surface area contributed by atoms with E-state index in [4.69, 9.17) is 5.73 Å². The lowest BCUT2D eigenvalue weighted by molar-refractivity contribution is -0.141. The number of rotatable bonds is 3. The van der Waals surface area contributed by atoms with E-state index in [2.05, 4.69) is 11.3 Å². The van der Waals surface area contributed by atoms with Crippen molar-refractivity contribution >= 4 is 17.7 Å². The summed E-state index contributed by atoms with van der Waals surface area (Å²) in [6.45, 7) is 5.43. The van der Waals surface area contributed by atoms with E-state index in [0.29, 0.717) is 5.69 Å². The average Bonchev–Trinajstić information content (AvgIpc) is 2.27. The number of carbonyl (C=O) groups is 1. The van der Waals surface area contributed by atoms with Crippen molar-refractivity contribution in [1.29, 1.82) is 0 Å². The standard InChI is InChI=1S/C12H15NO2/c1-4-9-6-5-7-10(11(9)13)8(2)12(14)15-3/h4-8H,1,13H2,2-3H3. The molecule has 15 heavy (non-hydrogen) atoms. The van der Waals surface area contributed by atoms with E-state index in [1.54, 1.807) is 13.0 Å². The summed E-state index contributed by atoms with van der Waals surface area (Å²) in [5, 5.41) is 0. The molecule has 1 rings (SSSR count). The number of carbonyl (C=O) groups excluding carboxylic acids is 1. The van der Waals surface area contributed by atoms with Crippen LogP contribution in [0.15, 0.2) is 24.8 Å². The quantitative estimate of drug-likeness (QED) is 0.608.